The number of aromatic nitrogens is 1. The van der Waals surface area contributed by atoms with Crippen LogP contribution in [0.15, 0.2) is 48.7 Å². The van der Waals surface area contributed by atoms with Crippen molar-refractivity contribution in [3.8, 4) is 0 Å². The molecule has 2 atom stereocenters. The molecule has 1 heterocycles. The van der Waals surface area contributed by atoms with Crippen LogP contribution in [-0.2, 0) is 9.53 Å². The number of amides is 1. The standard InChI is InChI=1S/C18H21ClN2O2/c1-4-21(18(22)13(2)23-3)17(16-7-5-6-12-20-16)14-8-10-15(19)11-9-14/h5-13,17H,4H2,1-3H3/t13-,17+/m1/s1. The molecule has 0 spiro atoms. The van der Waals surface area contributed by atoms with Crippen molar-refractivity contribution >= 4 is 17.5 Å². The second-order valence-corrected chi connectivity index (χ2v) is 5.65. The Morgan fingerprint density at radius 3 is 2.48 bits per heavy atom. The summed E-state index contributed by atoms with van der Waals surface area (Å²) in [5.74, 6) is -0.0689. The number of rotatable bonds is 6. The van der Waals surface area contributed by atoms with Gasteiger partial charge in [0.1, 0.15) is 6.10 Å². The maximum atomic E-state index is 12.7. The maximum absolute atomic E-state index is 12.7. The molecule has 0 aliphatic rings. The van der Waals surface area contributed by atoms with Gasteiger partial charge in [0, 0.05) is 24.9 Å². The van der Waals surface area contributed by atoms with Gasteiger partial charge in [0.25, 0.3) is 5.91 Å². The van der Waals surface area contributed by atoms with E-state index in [0.29, 0.717) is 11.6 Å². The van der Waals surface area contributed by atoms with Crippen LogP contribution in [0.1, 0.15) is 31.1 Å². The Morgan fingerprint density at radius 2 is 1.96 bits per heavy atom. The van der Waals surface area contributed by atoms with Crippen LogP contribution in [0.3, 0.4) is 0 Å². The molecule has 0 aliphatic carbocycles. The van der Waals surface area contributed by atoms with Crippen molar-refractivity contribution in [3.05, 3.63) is 64.9 Å². The number of likely N-dealkylation sites (N-methyl/N-ethyl adjacent to an activating group) is 1. The maximum Gasteiger partial charge on any atom is 0.252 e. The van der Waals surface area contributed by atoms with Gasteiger partial charge in [-0.25, -0.2) is 0 Å². The minimum absolute atomic E-state index is 0.0689. The minimum atomic E-state index is -0.506. The van der Waals surface area contributed by atoms with Crippen LogP contribution in [0.2, 0.25) is 5.02 Å². The molecule has 23 heavy (non-hydrogen) atoms. The Labute approximate surface area is 142 Å². The van der Waals surface area contributed by atoms with E-state index in [4.69, 9.17) is 16.3 Å². The van der Waals surface area contributed by atoms with E-state index in [2.05, 4.69) is 4.98 Å². The Hall–Kier alpha value is -1.91. The molecule has 4 nitrogen and oxygen atoms in total. The van der Waals surface area contributed by atoms with Gasteiger partial charge in [-0.15, -0.1) is 0 Å². The van der Waals surface area contributed by atoms with Crippen molar-refractivity contribution in [2.24, 2.45) is 0 Å². The highest BCUT2D eigenvalue weighted by atomic mass is 35.5. The van der Waals surface area contributed by atoms with E-state index in [0.717, 1.165) is 11.3 Å². The summed E-state index contributed by atoms with van der Waals surface area (Å²) in [6.07, 6.45) is 1.23. The minimum Gasteiger partial charge on any atom is -0.372 e. The lowest BCUT2D eigenvalue weighted by molar-refractivity contribution is -0.142. The van der Waals surface area contributed by atoms with Crippen molar-refractivity contribution in [1.29, 1.82) is 0 Å². The average molecular weight is 333 g/mol. The largest absolute Gasteiger partial charge is 0.372 e. The molecule has 1 aromatic heterocycles. The number of hydrogen-bond acceptors (Lipinski definition) is 3. The first-order valence-electron chi connectivity index (χ1n) is 7.58. The van der Waals surface area contributed by atoms with Crippen LogP contribution in [0.5, 0.6) is 0 Å². The van der Waals surface area contributed by atoms with Crippen molar-refractivity contribution in [2.75, 3.05) is 13.7 Å². The molecule has 1 amide bonds. The second kappa shape index (κ2) is 8.09. The fourth-order valence-electron chi connectivity index (χ4n) is 2.49. The van der Waals surface area contributed by atoms with E-state index >= 15 is 0 Å². The van der Waals surface area contributed by atoms with Crippen molar-refractivity contribution in [3.63, 3.8) is 0 Å². The molecule has 0 unspecified atom stereocenters. The van der Waals surface area contributed by atoms with Gasteiger partial charge in [-0.3, -0.25) is 9.78 Å². The molecule has 2 rings (SSSR count). The lowest BCUT2D eigenvalue weighted by Gasteiger charge is -2.32. The summed E-state index contributed by atoms with van der Waals surface area (Å²) in [5.41, 5.74) is 1.78. The molecule has 5 heteroatoms. The Morgan fingerprint density at radius 1 is 1.26 bits per heavy atom. The van der Waals surface area contributed by atoms with Crippen molar-refractivity contribution < 1.29 is 9.53 Å². The van der Waals surface area contributed by atoms with Crippen LogP contribution in [0, 0.1) is 0 Å². The Bertz CT molecular complexity index is 631. The zero-order valence-electron chi connectivity index (χ0n) is 13.6. The summed E-state index contributed by atoms with van der Waals surface area (Å²) >= 11 is 6.00. The van der Waals surface area contributed by atoms with Gasteiger partial charge in [0.05, 0.1) is 11.7 Å². The number of ether oxygens (including phenoxy) is 1. The zero-order valence-corrected chi connectivity index (χ0v) is 14.3. The summed E-state index contributed by atoms with van der Waals surface area (Å²) in [6.45, 7) is 4.25. The lowest BCUT2D eigenvalue weighted by Crippen LogP contribution is -2.41. The van der Waals surface area contributed by atoms with E-state index in [1.54, 1.807) is 18.0 Å². The number of pyridine rings is 1. The molecule has 2 aromatic rings. The van der Waals surface area contributed by atoms with Gasteiger partial charge in [-0.1, -0.05) is 29.8 Å². The smallest absolute Gasteiger partial charge is 0.252 e. The van der Waals surface area contributed by atoms with E-state index in [1.165, 1.54) is 7.11 Å². The highest BCUT2D eigenvalue weighted by Gasteiger charge is 2.29. The normalized spacial score (nSPS) is 13.4. The summed E-state index contributed by atoms with van der Waals surface area (Å²) in [4.78, 5) is 18.9. The first kappa shape index (κ1) is 17.4. The molecule has 0 saturated heterocycles. The van der Waals surface area contributed by atoms with Gasteiger partial charge in [0.2, 0.25) is 0 Å². The fraction of sp³-hybridized carbons (Fsp3) is 0.333. The third-order valence-electron chi connectivity index (χ3n) is 3.79. The van der Waals surface area contributed by atoms with E-state index in [9.17, 15) is 4.79 Å². The SMILES string of the molecule is CCN(C(=O)[C@@H](C)OC)[C@@H](c1ccc(Cl)cc1)c1ccccn1. The van der Waals surface area contributed by atoms with Gasteiger partial charge in [-0.2, -0.15) is 0 Å². The lowest BCUT2D eigenvalue weighted by atomic mass is 10.0. The zero-order chi connectivity index (χ0) is 16.8. The van der Waals surface area contributed by atoms with Crippen LogP contribution in [0.25, 0.3) is 0 Å². The summed E-state index contributed by atoms with van der Waals surface area (Å²) in [6, 6.07) is 12.9. The number of nitrogens with zero attached hydrogens (tertiary/aromatic N) is 2. The first-order valence-corrected chi connectivity index (χ1v) is 7.96. The van der Waals surface area contributed by atoms with Gasteiger partial charge >= 0.3 is 0 Å². The van der Waals surface area contributed by atoms with E-state index < -0.39 is 6.10 Å². The number of carbonyl (C=O) groups is 1. The van der Waals surface area contributed by atoms with E-state index in [-0.39, 0.29) is 11.9 Å². The number of methoxy groups -OCH3 is 1. The van der Waals surface area contributed by atoms with Gasteiger partial charge in [0.15, 0.2) is 0 Å². The topological polar surface area (TPSA) is 42.4 Å². The predicted molar refractivity (Wildman–Crippen MR) is 91.4 cm³/mol. The summed E-state index contributed by atoms with van der Waals surface area (Å²) in [5, 5.41) is 0.660. The molecular weight excluding hydrogens is 312 g/mol. The summed E-state index contributed by atoms with van der Waals surface area (Å²) in [7, 11) is 1.54. The molecule has 0 N–H and O–H groups in total. The molecule has 1 aromatic carbocycles. The van der Waals surface area contributed by atoms with Gasteiger partial charge < -0.3 is 9.64 Å². The fourth-order valence-corrected chi connectivity index (χ4v) is 2.62. The molecule has 122 valence electrons. The quantitative estimate of drug-likeness (QED) is 0.810. The predicted octanol–water partition coefficient (Wildman–Crippen LogP) is 3.71. The van der Waals surface area contributed by atoms with Crippen LogP contribution in [-0.4, -0.2) is 35.5 Å². The van der Waals surface area contributed by atoms with Crippen LogP contribution in [0.4, 0.5) is 0 Å². The van der Waals surface area contributed by atoms with Crippen molar-refractivity contribution in [1.82, 2.24) is 9.88 Å². The second-order valence-electron chi connectivity index (χ2n) is 5.21. The summed E-state index contributed by atoms with van der Waals surface area (Å²) < 4.78 is 5.20. The van der Waals surface area contributed by atoms with Gasteiger partial charge in [-0.05, 0) is 43.7 Å². The third-order valence-corrected chi connectivity index (χ3v) is 4.04. The van der Waals surface area contributed by atoms with Crippen molar-refractivity contribution in [2.45, 2.75) is 26.0 Å². The highest BCUT2D eigenvalue weighted by Crippen LogP contribution is 2.29. The molecular formula is C18H21ClN2O2. The number of hydrogen-bond donors (Lipinski definition) is 0. The first-order chi connectivity index (χ1) is 11.1. The number of benzene rings is 1. The van der Waals surface area contributed by atoms with E-state index in [1.807, 2.05) is 49.4 Å². The van der Waals surface area contributed by atoms with Crippen LogP contribution < -0.4 is 0 Å². The molecule has 0 aliphatic heterocycles. The number of carbonyl (C=O) groups excluding carboxylic acids is 1. The molecule has 0 bridgehead atoms. The monoisotopic (exact) mass is 332 g/mol. The Balaban J connectivity index is 2.48. The highest BCUT2D eigenvalue weighted by molar-refractivity contribution is 6.30. The molecule has 0 fully saturated rings. The molecule has 0 saturated carbocycles. The third kappa shape index (κ3) is 4.09. The average Bonchev–Trinajstić information content (AvgIpc) is 2.60. The number of halogens is 1. The Kier molecular flexibility index (Phi) is 6.13. The van der Waals surface area contributed by atoms with Crippen LogP contribution >= 0.6 is 11.6 Å². The molecule has 0 radical (unpaired) electrons.